The lowest BCUT2D eigenvalue weighted by molar-refractivity contribution is -0.125. The summed E-state index contributed by atoms with van der Waals surface area (Å²) in [5.41, 5.74) is 2.88. The number of allylic oxidation sites excluding steroid dienone is 1. The zero-order chi connectivity index (χ0) is 21.4. The molecule has 0 heterocycles. The van der Waals surface area contributed by atoms with E-state index in [0.717, 1.165) is 16.7 Å². The normalized spacial score (nSPS) is 12.2. The van der Waals surface area contributed by atoms with Crippen LogP contribution in [-0.4, -0.2) is 37.0 Å². The topological polar surface area (TPSA) is 55.8 Å². The van der Waals surface area contributed by atoms with Gasteiger partial charge in [-0.1, -0.05) is 36.4 Å². The number of nitrogens with zero attached hydrogens (tertiary/aromatic N) is 1. The van der Waals surface area contributed by atoms with Crippen molar-refractivity contribution in [2.75, 3.05) is 20.2 Å². The quantitative estimate of drug-likeness (QED) is 0.472. The lowest BCUT2D eigenvalue weighted by Crippen LogP contribution is -2.28. The molecule has 1 atom stereocenters. The molecule has 0 bridgehead atoms. The van der Waals surface area contributed by atoms with Gasteiger partial charge in [0.15, 0.2) is 0 Å². The van der Waals surface area contributed by atoms with Gasteiger partial charge in [-0.2, -0.15) is 0 Å². The molecule has 29 heavy (non-hydrogen) atoms. The highest BCUT2D eigenvalue weighted by Crippen LogP contribution is 2.29. The maximum Gasteiger partial charge on any atom is 0.341 e. The van der Waals surface area contributed by atoms with E-state index in [2.05, 4.69) is 0 Å². The first-order valence-electron chi connectivity index (χ1n) is 9.82. The first-order chi connectivity index (χ1) is 13.9. The third-order valence-corrected chi connectivity index (χ3v) is 4.83. The van der Waals surface area contributed by atoms with Crippen molar-refractivity contribution in [2.45, 2.75) is 33.8 Å². The smallest absolute Gasteiger partial charge is 0.341 e. The Morgan fingerprint density at radius 3 is 2.31 bits per heavy atom. The Balaban J connectivity index is 2.34. The van der Waals surface area contributed by atoms with E-state index in [0.29, 0.717) is 24.4 Å². The van der Waals surface area contributed by atoms with Crippen LogP contribution >= 0.6 is 0 Å². The molecule has 0 aliphatic rings. The Morgan fingerprint density at radius 2 is 1.72 bits per heavy atom. The van der Waals surface area contributed by atoms with E-state index in [4.69, 9.17) is 9.47 Å². The van der Waals surface area contributed by atoms with E-state index in [-0.39, 0.29) is 12.0 Å². The van der Waals surface area contributed by atoms with Crippen LogP contribution in [-0.2, 0) is 9.53 Å². The van der Waals surface area contributed by atoms with Gasteiger partial charge in [-0.05, 0) is 56.5 Å². The number of carbonyl (C=O) groups excluding carboxylic acids is 2. The lowest BCUT2D eigenvalue weighted by Gasteiger charge is -2.19. The third-order valence-electron chi connectivity index (χ3n) is 4.83. The van der Waals surface area contributed by atoms with Crippen LogP contribution in [0.2, 0.25) is 0 Å². The van der Waals surface area contributed by atoms with Crippen LogP contribution in [0.5, 0.6) is 5.75 Å². The molecule has 1 unspecified atom stereocenters. The fourth-order valence-electron chi connectivity index (χ4n) is 3.03. The number of ether oxygens (including phenoxy) is 2. The number of amides is 1. The molecular weight excluding hydrogens is 366 g/mol. The van der Waals surface area contributed by atoms with Gasteiger partial charge in [-0.3, -0.25) is 4.79 Å². The number of methoxy groups -OCH3 is 1. The largest absolute Gasteiger partial charge is 0.485 e. The van der Waals surface area contributed by atoms with Crippen molar-refractivity contribution >= 4 is 17.4 Å². The Labute approximate surface area is 172 Å². The van der Waals surface area contributed by atoms with Gasteiger partial charge >= 0.3 is 5.97 Å². The standard InChI is InChI=1S/C24H29NO4/c1-6-25(7-2)23(26)15-17(3)20-13-14-22(21(16-20)24(27)28-5)29-18(4)19-11-9-8-10-12-19/h8-16,18H,6-7H2,1-5H3/b17-15+. The van der Waals surface area contributed by atoms with Crippen molar-refractivity contribution in [3.8, 4) is 5.75 Å². The summed E-state index contributed by atoms with van der Waals surface area (Å²) < 4.78 is 11.0. The maximum absolute atomic E-state index is 12.4. The van der Waals surface area contributed by atoms with E-state index < -0.39 is 5.97 Å². The lowest BCUT2D eigenvalue weighted by atomic mass is 10.0. The summed E-state index contributed by atoms with van der Waals surface area (Å²) in [5, 5.41) is 0. The zero-order valence-electron chi connectivity index (χ0n) is 17.8. The molecule has 2 rings (SSSR count). The highest BCUT2D eigenvalue weighted by molar-refractivity contribution is 5.97. The van der Waals surface area contributed by atoms with Gasteiger partial charge in [-0.15, -0.1) is 0 Å². The number of rotatable bonds is 8. The molecule has 0 saturated carbocycles. The van der Waals surface area contributed by atoms with Crippen molar-refractivity contribution in [3.05, 3.63) is 71.3 Å². The Kier molecular flexibility index (Phi) is 8.01. The molecule has 0 N–H and O–H groups in total. The minimum atomic E-state index is -0.481. The van der Waals surface area contributed by atoms with Gasteiger partial charge in [0, 0.05) is 19.2 Å². The van der Waals surface area contributed by atoms with Crippen LogP contribution in [0.1, 0.15) is 55.3 Å². The number of esters is 1. The second kappa shape index (κ2) is 10.5. The van der Waals surface area contributed by atoms with Gasteiger partial charge in [0.1, 0.15) is 17.4 Å². The van der Waals surface area contributed by atoms with Crippen molar-refractivity contribution in [3.63, 3.8) is 0 Å². The summed E-state index contributed by atoms with van der Waals surface area (Å²) in [5.74, 6) is -0.0880. The van der Waals surface area contributed by atoms with Gasteiger partial charge < -0.3 is 14.4 Å². The van der Waals surface area contributed by atoms with Gasteiger partial charge in [0.05, 0.1) is 7.11 Å². The summed E-state index contributed by atoms with van der Waals surface area (Å²) >= 11 is 0. The third kappa shape index (κ3) is 5.70. The van der Waals surface area contributed by atoms with E-state index >= 15 is 0 Å². The van der Waals surface area contributed by atoms with Crippen molar-refractivity contribution < 1.29 is 19.1 Å². The Bertz CT molecular complexity index is 870. The fourth-order valence-corrected chi connectivity index (χ4v) is 3.03. The Morgan fingerprint density at radius 1 is 1.07 bits per heavy atom. The minimum absolute atomic E-state index is 0.0508. The predicted molar refractivity (Wildman–Crippen MR) is 115 cm³/mol. The molecule has 5 nitrogen and oxygen atoms in total. The van der Waals surface area contributed by atoms with Crippen molar-refractivity contribution in [1.29, 1.82) is 0 Å². The molecule has 0 aromatic heterocycles. The van der Waals surface area contributed by atoms with Gasteiger partial charge in [0.25, 0.3) is 0 Å². The fraction of sp³-hybridized carbons (Fsp3) is 0.333. The summed E-state index contributed by atoms with van der Waals surface area (Å²) in [7, 11) is 1.34. The van der Waals surface area contributed by atoms with Gasteiger partial charge in [-0.25, -0.2) is 4.79 Å². The predicted octanol–water partition coefficient (Wildman–Crippen LogP) is 4.88. The molecule has 0 fully saturated rings. The second-order valence-corrected chi connectivity index (χ2v) is 6.71. The summed E-state index contributed by atoms with van der Waals surface area (Å²) in [6, 6.07) is 15.1. The highest BCUT2D eigenvalue weighted by atomic mass is 16.5. The van der Waals surface area contributed by atoms with E-state index in [1.807, 2.05) is 64.1 Å². The molecule has 0 radical (unpaired) electrons. The molecule has 0 aliphatic carbocycles. The Hall–Kier alpha value is -3.08. The summed E-state index contributed by atoms with van der Waals surface area (Å²) in [6.45, 7) is 8.97. The molecule has 1 amide bonds. The van der Waals surface area contributed by atoms with Crippen LogP contribution in [0.4, 0.5) is 0 Å². The van der Waals surface area contributed by atoms with Crippen LogP contribution in [0.3, 0.4) is 0 Å². The number of hydrogen-bond acceptors (Lipinski definition) is 4. The van der Waals surface area contributed by atoms with Crippen LogP contribution in [0.25, 0.3) is 5.57 Å². The number of hydrogen-bond donors (Lipinski definition) is 0. The summed E-state index contributed by atoms with van der Waals surface area (Å²) in [4.78, 5) is 26.5. The van der Waals surface area contributed by atoms with E-state index in [1.54, 1.807) is 23.1 Å². The number of benzene rings is 2. The molecule has 2 aromatic rings. The minimum Gasteiger partial charge on any atom is -0.485 e. The monoisotopic (exact) mass is 395 g/mol. The van der Waals surface area contributed by atoms with Crippen LogP contribution in [0.15, 0.2) is 54.6 Å². The molecule has 2 aromatic carbocycles. The molecule has 154 valence electrons. The van der Waals surface area contributed by atoms with E-state index in [9.17, 15) is 9.59 Å². The van der Waals surface area contributed by atoms with Crippen molar-refractivity contribution in [1.82, 2.24) is 4.90 Å². The average Bonchev–Trinajstić information content (AvgIpc) is 2.74. The highest BCUT2D eigenvalue weighted by Gasteiger charge is 2.18. The first-order valence-corrected chi connectivity index (χ1v) is 9.82. The molecule has 0 spiro atoms. The molecule has 0 aliphatic heterocycles. The molecule has 5 heteroatoms. The zero-order valence-corrected chi connectivity index (χ0v) is 17.8. The van der Waals surface area contributed by atoms with Crippen LogP contribution < -0.4 is 4.74 Å². The summed E-state index contributed by atoms with van der Waals surface area (Å²) in [6.07, 6.45) is 1.36. The molecule has 0 saturated heterocycles. The first kappa shape index (κ1) is 22.2. The van der Waals surface area contributed by atoms with Crippen molar-refractivity contribution in [2.24, 2.45) is 0 Å². The number of carbonyl (C=O) groups is 2. The number of likely N-dealkylation sites (N-methyl/N-ethyl adjacent to an activating group) is 1. The van der Waals surface area contributed by atoms with Gasteiger partial charge in [0.2, 0.25) is 5.91 Å². The SMILES string of the molecule is CCN(CC)C(=O)/C=C(\C)c1ccc(OC(C)c2ccccc2)c(C(=O)OC)c1. The average molecular weight is 395 g/mol. The molecular formula is C24H29NO4. The van der Waals surface area contributed by atoms with E-state index in [1.165, 1.54) is 7.11 Å². The van der Waals surface area contributed by atoms with Crippen LogP contribution in [0, 0.1) is 0 Å². The maximum atomic E-state index is 12.4. The second-order valence-electron chi connectivity index (χ2n) is 6.71.